The molecule has 0 unspecified atom stereocenters. The van der Waals surface area contributed by atoms with Gasteiger partial charge in [-0.1, -0.05) is 36.4 Å². The van der Waals surface area contributed by atoms with Gasteiger partial charge in [-0.3, -0.25) is 4.79 Å². The van der Waals surface area contributed by atoms with Gasteiger partial charge in [-0.2, -0.15) is 4.31 Å². The number of carbonyl (C=O) groups is 1. The number of aliphatic hydroxyl groups excluding tert-OH is 1. The molecule has 2 aromatic carbocycles. The summed E-state index contributed by atoms with van der Waals surface area (Å²) in [4.78, 5) is 12.8. The van der Waals surface area contributed by atoms with Crippen molar-refractivity contribution < 1.29 is 18.3 Å². The van der Waals surface area contributed by atoms with E-state index in [1.165, 1.54) is 16.4 Å². The Bertz CT molecular complexity index is 942. The molecule has 0 radical (unpaired) electrons. The van der Waals surface area contributed by atoms with Gasteiger partial charge in [0.05, 0.1) is 16.5 Å². The van der Waals surface area contributed by atoms with Crippen LogP contribution >= 0.6 is 0 Å². The van der Waals surface area contributed by atoms with Crippen molar-refractivity contribution in [1.82, 2.24) is 9.62 Å². The van der Waals surface area contributed by atoms with Crippen molar-refractivity contribution in [3.63, 3.8) is 0 Å². The summed E-state index contributed by atoms with van der Waals surface area (Å²) in [7, 11) is -3.75. The molecule has 3 rings (SSSR count). The first-order valence-corrected chi connectivity index (χ1v) is 10.8. The van der Waals surface area contributed by atoms with Crippen molar-refractivity contribution in [3.05, 3.63) is 65.7 Å². The molecule has 2 N–H and O–H groups in total. The molecule has 0 bridgehead atoms. The average Bonchev–Trinajstić information content (AvgIpc) is 2.68. The van der Waals surface area contributed by atoms with Crippen LogP contribution in [0.2, 0.25) is 0 Å². The third-order valence-electron chi connectivity index (χ3n) is 5.01. The Labute approximate surface area is 166 Å². The van der Waals surface area contributed by atoms with Gasteiger partial charge in [-0.25, -0.2) is 8.42 Å². The maximum Gasteiger partial charge on any atom is 0.251 e. The Morgan fingerprint density at radius 2 is 1.86 bits per heavy atom. The smallest absolute Gasteiger partial charge is 0.251 e. The van der Waals surface area contributed by atoms with Gasteiger partial charge < -0.3 is 10.4 Å². The molecular formula is C21H26N2O4S. The van der Waals surface area contributed by atoms with Crippen molar-refractivity contribution in [2.75, 3.05) is 13.1 Å². The average molecular weight is 403 g/mol. The molecule has 150 valence electrons. The molecule has 7 heteroatoms. The number of hydrogen-bond acceptors (Lipinski definition) is 4. The van der Waals surface area contributed by atoms with E-state index < -0.39 is 21.7 Å². The third-order valence-corrected chi connectivity index (χ3v) is 6.88. The molecular weight excluding hydrogens is 376 g/mol. The third kappa shape index (κ3) is 4.43. The summed E-state index contributed by atoms with van der Waals surface area (Å²) in [5, 5.41) is 12.8. The van der Waals surface area contributed by atoms with Gasteiger partial charge in [0.2, 0.25) is 10.0 Å². The Hall–Kier alpha value is -2.22. The number of hydrogen-bond donors (Lipinski definition) is 2. The van der Waals surface area contributed by atoms with E-state index >= 15 is 0 Å². The van der Waals surface area contributed by atoms with Crippen molar-refractivity contribution in [2.45, 2.75) is 43.2 Å². The number of benzene rings is 2. The normalized spacial score (nSPS) is 18.6. The van der Waals surface area contributed by atoms with Gasteiger partial charge in [0, 0.05) is 18.7 Å². The Morgan fingerprint density at radius 3 is 2.54 bits per heavy atom. The fourth-order valence-corrected chi connectivity index (χ4v) is 4.93. The van der Waals surface area contributed by atoms with Crippen LogP contribution in [0.1, 0.15) is 42.6 Å². The zero-order chi connectivity index (χ0) is 20.4. The summed E-state index contributed by atoms with van der Waals surface area (Å²) in [6.07, 6.45) is 0.566. The van der Waals surface area contributed by atoms with Gasteiger partial charge in [0.25, 0.3) is 5.91 Å². The number of nitrogens with zero attached hydrogens (tertiary/aromatic N) is 1. The standard InChI is InChI=1S/C21H26N2O4S/c1-21(2,17-9-4-3-5-10-17)22-20(25)16-8-6-12-19(14-16)28(26,27)23-13-7-11-18(24)15-23/h3-6,8-10,12,14,18,24H,7,11,13,15H2,1-2H3,(H,22,25)/t18-/m1/s1. The van der Waals surface area contributed by atoms with E-state index in [2.05, 4.69) is 5.32 Å². The van der Waals surface area contributed by atoms with Crippen molar-refractivity contribution in [1.29, 1.82) is 0 Å². The van der Waals surface area contributed by atoms with Crippen molar-refractivity contribution >= 4 is 15.9 Å². The van der Waals surface area contributed by atoms with Crippen molar-refractivity contribution in [3.8, 4) is 0 Å². The number of carbonyl (C=O) groups excluding carboxylic acids is 1. The number of aliphatic hydroxyl groups is 1. The molecule has 1 saturated heterocycles. The minimum atomic E-state index is -3.75. The highest BCUT2D eigenvalue weighted by Crippen LogP contribution is 2.23. The van der Waals surface area contributed by atoms with E-state index in [1.54, 1.807) is 12.1 Å². The van der Waals surface area contributed by atoms with Crippen LogP contribution in [0.3, 0.4) is 0 Å². The van der Waals surface area contributed by atoms with E-state index in [-0.39, 0.29) is 22.9 Å². The van der Waals surface area contributed by atoms with Gasteiger partial charge in [0.15, 0.2) is 0 Å². The minimum absolute atomic E-state index is 0.0618. The highest BCUT2D eigenvalue weighted by molar-refractivity contribution is 7.89. The number of nitrogens with one attached hydrogen (secondary N) is 1. The molecule has 2 aromatic rings. The Kier molecular flexibility index (Phi) is 5.88. The fraction of sp³-hybridized carbons (Fsp3) is 0.381. The second kappa shape index (κ2) is 8.03. The largest absolute Gasteiger partial charge is 0.392 e. The van der Waals surface area contributed by atoms with Crippen LogP contribution in [0.4, 0.5) is 0 Å². The van der Waals surface area contributed by atoms with Crippen LogP contribution in [-0.2, 0) is 15.6 Å². The van der Waals surface area contributed by atoms with Crippen LogP contribution in [0, 0.1) is 0 Å². The molecule has 0 saturated carbocycles. The molecule has 1 heterocycles. The number of amides is 1. The quantitative estimate of drug-likeness (QED) is 0.805. The topological polar surface area (TPSA) is 86.7 Å². The summed E-state index contributed by atoms with van der Waals surface area (Å²) < 4.78 is 27.1. The summed E-state index contributed by atoms with van der Waals surface area (Å²) >= 11 is 0. The molecule has 1 aliphatic heterocycles. The summed E-state index contributed by atoms with van der Waals surface area (Å²) in [6, 6.07) is 15.6. The number of sulfonamides is 1. The second-order valence-electron chi connectivity index (χ2n) is 7.63. The van der Waals surface area contributed by atoms with Gasteiger partial charge in [-0.05, 0) is 50.5 Å². The molecule has 28 heavy (non-hydrogen) atoms. The highest BCUT2D eigenvalue weighted by Gasteiger charge is 2.30. The van der Waals surface area contributed by atoms with E-state index in [0.29, 0.717) is 19.4 Å². The monoisotopic (exact) mass is 402 g/mol. The lowest BCUT2D eigenvalue weighted by atomic mass is 9.94. The van der Waals surface area contributed by atoms with Gasteiger partial charge in [0.1, 0.15) is 0 Å². The first-order chi connectivity index (χ1) is 13.2. The zero-order valence-electron chi connectivity index (χ0n) is 16.1. The van der Waals surface area contributed by atoms with E-state index in [4.69, 9.17) is 0 Å². The van der Waals surface area contributed by atoms with E-state index in [9.17, 15) is 18.3 Å². The predicted octanol–water partition coefficient (Wildman–Crippen LogP) is 2.50. The lowest BCUT2D eigenvalue weighted by Gasteiger charge is -2.29. The van der Waals surface area contributed by atoms with Crippen molar-refractivity contribution in [2.24, 2.45) is 0 Å². The molecule has 0 aromatic heterocycles. The fourth-order valence-electron chi connectivity index (χ4n) is 3.37. The summed E-state index contributed by atoms with van der Waals surface area (Å²) in [5.74, 6) is -0.343. The first-order valence-electron chi connectivity index (χ1n) is 9.36. The number of piperidine rings is 1. The van der Waals surface area contributed by atoms with Crippen LogP contribution in [0.5, 0.6) is 0 Å². The maximum atomic E-state index is 12.9. The van der Waals surface area contributed by atoms with E-state index in [0.717, 1.165) is 5.56 Å². The predicted molar refractivity (Wildman–Crippen MR) is 107 cm³/mol. The molecule has 1 amide bonds. The van der Waals surface area contributed by atoms with Crippen LogP contribution in [-0.4, -0.2) is 42.9 Å². The lowest BCUT2D eigenvalue weighted by molar-refractivity contribution is 0.0911. The van der Waals surface area contributed by atoms with Gasteiger partial charge in [-0.15, -0.1) is 0 Å². The number of rotatable bonds is 5. The van der Waals surface area contributed by atoms with Gasteiger partial charge >= 0.3 is 0 Å². The van der Waals surface area contributed by atoms with E-state index in [1.807, 2.05) is 44.2 Å². The Morgan fingerprint density at radius 1 is 1.14 bits per heavy atom. The zero-order valence-corrected chi connectivity index (χ0v) is 16.9. The summed E-state index contributed by atoms with van der Waals surface area (Å²) in [6.45, 7) is 4.25. The maximum absolute atomic E-state index is 12.9. The summed E-state index contributed by atoms with van der Waals surface area (Å²) in [5.41, 5.74) is 0.626. The second-order valence-corrected chi connectivity index (χ2v) is 9.57. The lowest BCUT2D eigenvalue weighted by Crippen LogP contribution is -2.42. The molecule has 1 aliphatic rings. The van der Waals surface area contributed by atoms with Crippen LogP contribution in [0.25, 0.3) is 0 Å². The first kappa shape index (κ1) is 20.5. The number of β-amino-alcohol motifs (C(OH)–C–C–N with tert-alkyl or cyclic N) is 1. The molecule has 0 spiro atoms. The highest BCUT2D eigenvalue weighted by atomic mass is 32.2. The Balaban J connectivity index is 1.82. The minimum Gasteiger partial charge on any atom is -0.392 e. The van der Waals surface area contributed by atoms with Crippen LogP contribution < -0.4 is 5.32 Å². The molecule has 1 atom stereocenters. The molecule has 1 fully saturated rings. The van der Waals surface area contributed by atoms with Crippen LogP contribution in [0.15, 0.2) is 59.5 Å². The molecule has 6 nitrogen and oxygen atoms in total. The SMILES string of the molecule is CC(C)(NC(=O)c1cccc(S(=O)(=O)N2CCC[C@@H](O)C2)c1)c1ccccc1. The molecule has 0 aliphatic carbocycles.